The van der Waals surface area contributed by atoms with Gasteiger partial charge in [0.05, 0.1) is 0 Å². The van der Waals surface area contributed by atoms with Crippen molar-refractivity contribution in [1.82, 2.24) is 10.3 Å². The Balaban J connectivity index is 2.08. The van der Waals surface area contributed by atoms with E-state index in [-0.39, 0.29) is 0 Å². The summed E-state index contributed by atoms with van der Waals surface area (Å²) in [5.74, 6) is 0.656. The van der Waals surface area contributed by atoms with E-state index in [0.717, 1.165) is 13.1 Å². The third-order valence-corrected chi connectivity index (χ3v) is 2.38. The predicted molar refractivity (Wildman–Crippen MR) is 48.1 cm³/mol. The van der Waals surface area contributed by atoms with Crippen molar-refractivity contribution in [2.24, 2.45) is 0 Å². The van der Waals surface area contributed by atoms with Crippen molar-refractivity contribution in [3.05, 3.63) is 30.1 Å². The molecule has 1 aromatic rings. The maximum atomic E-state index is 4.36. The topological polar surface area (TPSA) is 27.0 Å². The van der Waals surface area contributed by atoms with Gasteiger partial charge >= 0.3 is 0 Å². The molecule has 0 amide bonds. The highest BCUT2D eigenvalue weighted by Gasteiger charge is 2.15. The molecule has 2 nitrogen and oxygen atoms in total. The number of hydrogen-bond acceptors (Lipinski definition) is 1. The molecule has 1 aliphatic rings. The molecule has 0 aliphatic carbocycles. The van der Waals surface area contributed by atoms with E-state index in [0.29, 0.717) is 5.92 Å². The summed E-state index contributed by atoms with van der Waals surface area (Å²) < 4.78 is 0. The standard InChI is InChI=1S/C10H13N2/c1-2-6-12-10(3-1)9-4-7-11-8-5-9/h1-3,6,9H,4-5,7-8H2. The van der Waals surface area contributed by atoms with Gasteiger partial charge in [-0.3, -0.25) is 4.98 Å². The lowest BCUT2D eigenvalue weighted by Crippen LogP contribution is -2.21. The smallest absolute Gasteiger partial charge is 0.0435 e. The van der Waals surface area contributed by atoms with Gasteiger partial charge in [-0.05, 0) is 25.0 Å². The Morgan fingerprint density at radius 1 is 1.17 bits per heavy atom. The molecule has 0 saturated carbocycles. The molecule has 12 heavy (non-hydrogen) atoms. The van der Waals surface area contributed by atoms with Crippen LogP contribution in [0.5, 0.6) is 0 Å². The number of nitrogens with zero attached hydrogens (tertiary/aromatic N) is 2. The molecule has 0 aromatic carbocycles. The zero-order valence-corrected chi connectivity index (χ0v) is 7.11. The van der Waals surface area contributed by atoms with E-state index in [9.17, 15) is 0 Å². The largest absolute Gasteiger partial charge is 0.261 e. The summed E-state index contributed by atoms with van der Waals surface area (Å²) in [6.07, 6.45) is 4.23. The number of pyridine rings is 1. The van der Waals surface area contributed by atoms with Gasteiger partial charge in [-0.1, -0.05) is 6.07 Å². The van der Waals surface area contributed by atoms with Crippen LogP contribution in [-0.2, 0) is 0 Å². The summed E-state index contributed by atoms with van der Waals surface area (Å²) in [7, 11) is 0. The lowest BCUT2D eigenvalue weighted by atomic mass is 9.94. The van der Waals surface area contributed by atoms with Crippen LogP contribution in [0, 0.1) is 0 Å². The second-order valence-electron chi connectivity index (χ2n) is 3.20. The number of rotatable bonds is 1. The Morgan fingerprint density at radius 2 is 2.00 bits per heavy atom. The van der Waals surface area contributed by atoms with Crippen LogP contribution >= 0.6 is 0 Å². The third-order valence-electron chi connectivity index (χ3n) is 2.38. The highest BCUT2D eigenvalue weighted by atomic mass is 14.9. The lowest BCUT2D eigenvalue weighted by molar-refractivity contribution is 0.447. The van der Waals surface area contributed by atoms with Crippen molar-refractivity contribution in [2.45, 2.75) is 18.8 Å². The summed E-state index contributed by atoms with van der Waals surface area (Å²) in [6, 6.07) is 6.15. The highest BCUT2D eigenvalue weighted by Crippen LogP contribution is 2.22. The Morgan fingerprint density at radius 3 is 2.67 bits per heavy atom. The third kappa shape index (κ3) is 1.64. The fourth-order valence-electron chi connectivity index (χ4n) is 1.66. The number of aromatic nitrogens is 1. The Bertz CT molecular complexity index is 227. The van der Waals surface area contributed by atoms with Crippen LogP contribution in [0.2, 0.25) is 0 Å². The molecule has 0 spiro atoms. The van der Waals surface area contributed by atoms with Crippen molar-refractivity contribution in [1.29, 1.82) is 0 Å². The van der Waals surface area contributed by atoms with E-state index < -0.39 is 0 Å². The van der Waals surface area contributed by atoms with E-state index >= 15 is 0 Å². The molecule has 2 rings (SSSR count). The van der Waals surface area contributed by atoms with E-state index in [1.54, 1.807) is 0 Å². The molecule has 1 saturated heterocycles. The molecule has 0 atom stereocenters. The molecule has 1 radical (unpaired) electrons. The van der Waals surface area contributed by atoms with Crippen LogP contribution in [0.4, 0.5) is 0 Å². The van der Waals surface area contributed by atoms with Crippen LogP contribution in [0.1, 0.15) is 24.5 Å². The van der Waals surface area contributed by atoms with Crippen molar-refractivity contribution in [3.63, 3.8) is 0 Å². The van der Waals surface area contributed by atoms with Crippen molar-refractivity contribution < 1.29 is 0 Å². The van der Waals surface area contributed by atoms with Gasteiger partial charge in [-0.2, -0.15) is 0 Å². The van der Waals surface area contributed by atoms with Crippen LogP contribution in [0.3, 0.4) is 0 Å². The maximum Gasteiger partial charge on any atom is 0.0435 e. The number of hydrogen-bond donors (Lipinski definition) is 0. The molecule has 0 N–H and O–H groups in total. The molecule has 0 unspecified atom stereocenters. The van der Waals surface area contributed by atoms with Gasteiger partial charge in [0.15, 0.2) is 0 Å². The molecule has 1 fully saturated rings. The van der Waals surface area contributed by atoms with Crippen molar-refractivity contribution in [2.75, 3.05) is 13.1 Å². The molecule has 2 heterocycles. The Labute approximate surface area is 73.0 Å². The quantitative estimate of drug-likeness (QED) is 0.614. The summed E-state index contributed by atoms with van der Waals surface area (Å²) >= 11 is 0. The average molecular weight is 161 g/mol. The first kappa shape index (κ1) is 7.74. The summed E-state index contributed by atoms with van der Waals surface area (Å²) in [5.41, 5.74) is 1.24. The normalized spacial score (nSPS) is 19.3. The zero-order valence-electron chi connectivity index (χ0n) is 7.11. The second kappa shape index (κ2) is 3.68. The first-order valence-corrected chi connectivity index (χ1v) is 4.51. The van der Waals surface area contributed by atoms with Crippen LogP contribution < -0.4 is 5.32 Å². The van der Waals surface area contributed by atoms with Crippen molar-refractivity contribution in [3.8, 4) is 0 Å². The van der Waals surface area contributed by atoms with Gasteiger partial charge < -0.3 is 0 Å². The molecule has 1 aromatic heterocycles. The predicted octanol–water partition coefficient (Wildman–Crippen LogP) is 1.56. The molecule has 1 aliphatic heterocycles. The van der Waals surface area contributed by atoms with Crippen LogP contribution in [0.25, 0.3) is 0 Å². The Hall–Kier alpha value is -0.890. The fraction of sp³-hybridized carbons (Fsp3) is 0.500. The van der Waals surface area contributed by atoms with Crippen LogP contribution in [-0.4, -0.2) is 18.1 Å². The first-order valence-electron chi connectivity index (χ1n) is 4.51. The lowest BCUT2D eigenvalue weighted by Gasteiger charge is -2.20. The van der Waals surface area contributed by atoms with E-state index in [2.05, 4.69) is 22.4 Å². The minimum absolute atomic E-state index is 0.656. The second-order valence-corrected chi connectivity index (χ2v) is 3.20. The van der Waals surface area contributed by atoms with Gasteiger partial charge in [0, 0.05) is 30.9 Å². The van der Waals surface area contributed by atoms with Gasteiger partial charge in [0.25, 0.3) is 0 Å². The SMILES string of the molecule is c1ccc(C2CC[N]CC2)nc1. The first-order chi connectivity index (χ1) is 5.97. The van der Waals surface area contributed by atoms with E-state index in [4.69, 9.17) is 0 Å². The minimum Gasteiger partial charge on any atom is -0.261 e. The molecule has 0 bridgehead atoms. The molecule has 2 heteroatoms. The van der Waals surface area contributed by atoms with Gasteiger partial charge in [0.2, 0.25) is 0 Å². The van der Waals surface area contributed by atoms with Gasteiger partial charge in [-0.15, -0.1) is 0 Å². The average Bonchev–Trinajstić information content (AvgIpc) is 2.21. The molecular weight excluding hydrogens is 148 g/mol. The number of piperidine rings is 1. The maximum absolute atomic E-state index is 4.36. The Kier molecular flexibility index (Phi) is 2.37. The fourth-order valence-corrected chi connectivity index (χ4v) is 1.66. The molecule has 63 valence electrons. The van der Waals surface area contributed by atoms with Crippen molar-refractivity contribution >= 4 is 0 Å². The van der Waals surface area contributed by atoms with E-state index in [1.165, 1.54) is 18.5 Å². The summed E-state index contributed by atoms with van der Waals surface area (Å²) in [5, 5.41) is 4.33. The van der Waals surface area contributed by atoms with E-state index in [1.807, 2.05) is 12.3 Å². The van der Waals surface area contributed by atoms with Crippen LogP contribution in [0.15, 0.2) is 24.4 Å². The molecular formula is C10H13N2. The van der Waals surface area contributed by atoms with Gasteiger partial charge in [0.1, 0.15) is 0 Å². The monoisotopic (exact) mass is 161 g/mol. The summed E-state index contributed by atoms with van der Waals surface area (Å²) in [6.45, 7) is 2.03. The minimum atomic E-state index is 0.656. The van der Waals surface area contributed by atoms with Gasteiger partial charge in [-0.25, -0.2) is 5.32 Å². The highest BCUT2D eigenvalue weighted by molar-refractivity contribution is 5.10. The zero-order chi connectivity index (χ0) is 8.23. The summed E-state index contributed by atoms with van der Waals surface area (Å²) in [4.78, 5) is 4.36.